The molecule has 0 radical (unpaired) electrons. The van der Waals surface area contributed by atoms with Crippen LogP contribution in [0.3, 0.4) is 0 Å². The summed E-state index contributed by atoms with van der Waals surface area (Å²) in [7, 11) is -1.46. The fraction of sp³-hybridized carbons (Fsp3) is 0.400. The van der Waals surface area contributed by atoms with Gasteiger partial charge in [0.25, 0.3) is 0 Å². The monoisotopic (exact) mass is 327 g/mol. The summed E-state index contributed by atoms with van der Waals surface area (Å²) in [6, 6.07) is 2.95. The molecule has 3 N–H and O–H groups in total. The molecule has 0 aliphatic carbocycles. The van der Waals surface area contributed by atoms with Crippen molar-refractivity contribution in [3.63, 3.8) is 0 Å². The Hall–Kier alpha value is -1.70. The van der Waals surface area contributed by atoms with Crippen LogP contribution in [0.2, 0.25) is 0 Å². The van der Waals surface area contributed by atoms with Gasteiger partial charge < -0.3 is 9.84 Å². The van der Waals surface area contributed by atoms with Crippen molar-refractivity contribution in [1.29, 1.82) is 0 Å². The molecule has 1 aromatic carbocycles. The van der Waals surface area contributed by atoms with Crippen molar-refractivity contribution in [2.45, 2.75) is 19.8 Å². The van der Waals surface area contributed by atoms with Crippen LogP contribution in [-0.2, 0) is 0 Å². The van der Waals surface area contributed by atoms with Gasteiger partial charge in [-0.15, -0.1) is 10.8 Å². The lowest BCUT2D eigenvalue weighted by atomic mass is 10.1. The van der Waals surface area contributed by atoms with Gasteiger partial charge >= 0.3 is 5.97 Å². The summed E-state index contributed by atoms with van der Waals surface area (Å²) in [5.74, 6) is -0.333. The number of methoxy groups -OCH3 is 1. The van der Waals surface area contributed by atoms with E-state index in [0.29, 0.717) is 23.5 Å². The Balaban J connectivity index is 2.63. The van der Waals surface area contributed by atoms with Crippen molar-refractivity contribution in [2.24, 2.45) is 0 Å². The lowest BCUT2D eigenvalue weighted by Crippen LogP contribution is -2.34. The van der Waals surface area contributed by atoms with E-state index in [1.54, 1.807) is 12.2 Å². The van der Waals surface area contributed by atoms with Crippen LogP contribution in [0.25, 0.3) is 6.08 Å². The van der Waals surface area contributed by atoms with Crippen LogP contribution in [0.5, 0.6) is 5.75 Å². The number of ether oxygens (including phenoxy) is 1. The van der Waals surface area contributed by atoms with E-state index in [9.17, 15) is 19.0 Å². The molecule has 1 fully saturated rings. The van der Waals surface area contributed by atoms with Gasteiger partial charge in [-0.05, 0) is 31.9 Å². The lowest BCUT2D eigenvalue weighted by molar-refractivity contribution is 0.0697. The molecule has 1 saturated heterocycles. The van der Waals surface area contributed by atoms with Gasteiger partial charge in [0.2, 0.25) is 0 Å². The maximum Gasteiger partial charge on any atom is 0.335 e. The van der Waals surface area contributed by atoms with Crippen molar-refractivity contribution < 1.29 is 23.7 Å². The summed E-state index contributed by atoms with van der Waals surface area (Å²) in [6.45, 7) is 2.28. The third-order valence-corrected chi connectivity index (χ3v) is 5.47. The van der Waals surface area contributed by atoms with E-state index in [1.165, 1.54) is 23.5 Å². The molecule has 0 saturated carbocycles. The number of rotatable bonds is 4. The van der Waals surface area contributed by atoms with Crippen LogP contribution in [0.4, 0.5) is 5.69 Å². The smallest absolute Gasteiger partial charge is 0.335 e. The first kappa shape index (κ1) is 16.7. The maximum absolute atomic E-state index is 11.4. The molecular weight excluding hydrogens is 306 g/mol. The molecule has 0 amide bonds. The highest BCUT2D eigenvalue weighted by molar-refractivity contribution is 8.25. The van der Waals surface area contributed by atoms with E-state index in [1.807, 2.05) is 6.92 Å². The van der Waals surface area contributed by atoms with Gasteiger partial charge in [0.1, 0.15) is 5.69 Å². The maximum atomic E-state index is 11.4. The third-order valence-electron chi connectivity index (χ3n) is 3.55. The minimum Gasteiger partial charge on any atom is -0.494 e. The molecule has 0 unspecified atom stereocenters. The van der Waals surface area contributed by atoms with E-state index in [0.717, 1.165) is 12.8 Å². The molecule has 0 atom stereocenters. The van der Waals surface area contributed by atoms with Gasteiger partial charge in [-0.25, -0.2) is 4.79 Å². The Morgan fingerprint density at radius 1 is 1.36 bits per heavy atom. The van der Waals surface area contributed by atoms with Crippen LogP contribution in [0.1, 0.15) is 35.7 Å². The second-order valence-corrected chi connectivity index (χ2v) is 7.18. The fourth-order valence-electron chi connectivity index (χ4n) is 2.56. The Bertz CT molecular complexity index is 600. The van der Waals surface area contributed by atoms with Gasteiger partial charge in [-0.3, -0.25) is 13.4 Å². The highest BCUT2D eigenvalue weighted by atomic mass is 32.3. The molecule has 1 aromatic rings. The molecule has 122 valence electrons. The fourth-order valence-corrected chi connectivity index (χ4v) is 4.24. The van der Waals surface area contributed by atoms with E-state index >= 15 is 0 Å². The first-order chi connectivity index (χ1) is 10.4. The summed E-state index contributed by atoms with van der Waals surface area (Å²) in [5.41, 5.74) is 1.10. The van der Waals surface area contributed by atoms with Crippen molar-refractivity contribution in [2.75, 3.05) is 23.7 Å². The lowest BCUT2D eigenvalue weighted by Gasteiger charge is -2.47. The van der Waals surface area contributed by atoms with Crippen molar-refractivity contribution in [3.05, 3.63) is 29.3 Å². The topological polar surface area (TPSA) is 90.2 Å². The van der Waals surface area contributed by atoms with Crippen molar-refractivity contribution in [1.82, 2.24) is 0 Å². The number of hydrogen-bond acceptors (Lipinski definition) is 5. The van der Waals surface area contributed by atoms with Gasteiger partial charge in [-0.1, -0.05) is 12.2 Å². The number of anilines is 1. The van der Waals surface area contributed by atoms with E-state index in [4.69, 9.17) is 4.74 Å². The molecular formula is C15H21NO5S. The average molecular weight is 327 g/mol. The van der Waals surface area contributed by atoms with Crippen LogP contribution in [-0.4, -0.2) is 39.6 Å². The highest BCUT2D eigenvalue weighted by Gasteiger charge is 2.30. The largest absolute Gasteiger partial charge is 0.494 e. The highest BCUT2D eigenvalue weighted by Crippen LogP contribution is 2.52. The zero-order chi connectivity index (χ0) is 16.3. The first-order valence-corrected chi connectivity index (χ1v) is 8.69. The van der Waals surface area contributed by atoms with Gasteiger partial charge in [-0.2, -0.15) is 0 Å². The zero-order valence-corrected chi connectivity index (χ0v) is 13.5. The van der Waals surface area contributed by atoms with E-state index in [2.05, 4.69) is 0 Å². The molecule has 1 heterocycles. The SMILES string of the molecule is CC=Cc1cc(C(=O)O)cc(N2CCCCS2(O)O)c1OC. The minimum atomic E-state index is -2.95. The number of carbonyl (C=O) groups is 1. The molecule has 22 heavy (non-hydrogen) atoms. The number of carboxylic acids is 1. The Morgan fingerprint density at radius 2 is 2.09 bits per heavy atom. The predicted molar refractivity (Wildman–Crippen MR) is 89.0 cm³/mol. The molecule has 0 bridgehead atoms. The normalized spacial score (nSPS) is 19.2. The number of hydrogen-bond donors (Lipinski definition) is 3. The Labute approximate surface area is 131 Å². The molecule has 6 nitrogen and oxygen atoms in total. The van der Waals surface area contributed by atoms with Gasteiger partial charge in [0, 0.05) is 12.1 Å². The predicted octanol–water partition coefficient (Wildman–Crippen LogP) is 3.69. The zero-order valence-electron chi connectivity index (χ0n) is 12.7. The van der Waals surface area contributed by atoms with E-state index in [-0.39, 0.29) is 11.3 Å². The third kappa shape index (κ3) is 3.21. The first-order valence-electron chi connectivity index (χ1n) is 7.02. The second-order valence-electron chi connectivity index (χ2n) is 5.07. The van der Waals surface area contributed by atoms with Crippen LogP contribution < -0.4 is 9.04 Å². The summed E-state index contributed by atoms with van der Waals surface area (Å²) in [5, 5.41) is 9.29. The average Bonchev–Trinajstić information content (AvgIpc) is 2.46. The molecule has 1 aliphatic rings. The Kier molecular flexibility index (Phi) is 5.00. The molecule has 0 aromatic heterocycles. The van der Waals surface area contributed by atoms with Gasteiger partial charge in [0.15, 0.2) is 5.75 Å². The Morgan fingerprint density at radius 3 is 2.64 bits per heavy atom. The van der Waals surface area contributed by atoms with Crippen LogP contribution in [0, 0.1) is 0 Å². The summed E-state index contributed by atoms with van der Waals surface area (Å²) >= 11 is 0. The van der Waals surface area contributed by atoms with E-state index < -0.39 is 16.7 Å². The van der Waals surface area contributed by atoms with Crippen LogP contribution >= 0.6 is 10.8 Å². The van der Waals surface area contributed by atoms with Crippen molar-refractivity contribution in [3.8, 4) is 5.75 Å². The molecule has 2 rings (SSSR count). The quantitative estimate of drug-likeness (QED) is 0.781. The minimum absolute atomic E-state index is 0.0877. The summed E-state index contributed by atoms with van der Waals surface area (Å²) < 4.78 is 27.5. The number of nitrogens with zero attached hydrogens (tertiary/aromatic N) is 1. The second kappa shape index (κ2) is 6.60. The molecule has 0 spiro atoms. The standard InChI is InChI=1S/C15H21NO5S/c1-3-6-11-9-12(15(17)18)10-13(14(11)21-2)16-7-4-5-8-22(16,19)20/h3,6,9-10,19-20H,4-5,7-8H2,1-2H3,(H,17,18). The van der Waals surface area contributed by atoms with Gasteiger partial charge in [0.05, 0.1) is 18.4 Å². The number of benzene rings is 1. The number of carboxylic acid groups (broad SMARTS) is 1. The summed E-state index contributed by atoms with van der Waals surface area (Å²) in [6.07, 6.45) is 5.07. The number of allylic oxidation sites excluding steroid dienone is 1. The van der Waals surface area contributed by atoms with Crippen molar-refractivity contribution >= 4 is 28.5 Å². The molecule has 7 heteroatoms. The summed E-state index contributed by atoms with van der Waals surface area (Å²) in [4.78, 5) is 11.4. The number of aromatic carboxylic acids is 1. The van der Waals surface area contributed by atoms with Crippen LogP contribution in [0.15, 0.2) is 18.2 Å². The molecule has 1 aliphatic heterocycles.